The molecule has 3 aromatic rings. The Morgan fingerprint density at radius 3 is 2.38 bits per heavy atom. The maximum Gasteiger partial charge on any atom is 0.252 e. The van der Waals surface area contributed by atoms with Crippen LogP contribution >= 0.6 is 0 Å². The zero-order valence-corrected chi connectivity index (χ0v) is 33.5. The van der Waals surface area contributed by atoms with Crippen LogP contribution in [0.1, 0.15) is 62.4 Å². The van der Waals surface area contributed by atoms with E-state index in [0.29, 0.717) is 31.8 Å². The summed E-state index contributed by atoms with van der Waals surface area (Å²) >= 11 is 0. The van der Waals surface area contributed by atoms with Crippen molar-refractivity contribution in [2.24, 2.45) is 13.0 Å². The lowest BCUT2D eigenvalue weighted by Gasteiger charge is -2.29. The number of amides is 6. The molecule has 6 atom stereocenters. The van der Waals surface area contributed by atoms with Crippen LogP contribution in [0.15, 0.2) is 48.5 Å². The highest BCUT2D eigenvalue weighted by Gasteiger charge is 2.41. The fourth-order valence-electron chi connectivity index (χ4n) is 7.76. The highest BCUT2D eigenvalue weighted by molar-refractivity contribution is 6.01. The van der Waals surface area contributed by atoms with Crippen molar-refractivity contribution in [3.05, 3.63) is 59.7 Å². The summed E-state index contributed by atoms with van der Waals surface area (Å²) in [4.78, 5) is 91.2. The van der Waals surface area contributed by atoms with E-state index >= 15 is 0 Å². The lowest BCUT2D eigenvalue weighted by Crippen LogP contribution is -2.59. The molecule has 312 valence electrons. The number of aliphatic hydroxyl groups is 1. The van der Waals surface area contributed by atoms with Gasteiger partial charge in [-0.2, -0.15) is 0 Å². The molecule has 1 aromatic heterocycles. The highest BCUT2D eigenvalue weighted by Crippen LogP contribution is 2.24. The number of ether oxygens (including phenoxy) is 1. The summed E-state index contributed by atoms with van der Waals surface area (Å²) in [6.07, 6.45) is -0.288. The Hall–Kier alpha value is -5.55. The van der Waals surface area contributed by atoms with Crippen LogP contribution in [0.5, 0.6) is 0 Å². The summed E-state index contributed by atoms with van der Waals surface area (Å²) < 4.78 is 7.46. The van der Waals surface area contributed by atoms with Crippen molar-refractivity contribution >= 4 is 52.4 Å². The van der Waals surface area contributed by atoms with Gasteiger partial charge in [-0.05, 0) is 55.9 Å². The molecular formula is C41H55N9O8. The van der Waals surface area contributed by atoms with Crippen molar-refractivity contribution in [2.75, 3.05) is 44.3 Å². The number of carbonyl (C=O) groups is 6. The first kappa shape index (κ1) is 42.1. The number of aryl methyl sites for hydroxylation is 1. The van der Waals surface area contributed by atoms with Crippen LogP contribution in [0.3, 0.4) is 0 Å². The van der Waals surface area contributed by atoms with Crippen molar-refractivity contribution in [1.29, 1.82) is 0 Å². The number of carbonyl (C=O) groups excluding carboxylic acids is 6. The molecule has 0 radical (unpaired) electrons. The molecule has 3 aliphatic rings. The molecule has 6 amide bonds. The Morgan fingerprint density at radius 1 is 0.948 bits per heavy atom. The molecule has 0 bridgehead atoms. The second-order valence-electron chi connectivity index (χ2n) is 15.8. The van der Waals surface area contributed by atoms with Crippen molar-refractivity contribution in [2.45, 2.75) is 89.2 Å². The Balaban J connectivity index is 1.28. The number of aromatic nitrogens is 2. The summed E-state index contributed by atoms with van der Waals surface area (Å²) in [5, 5.41) is 24.5. The maximum absolute atomic E-state index is 14.2. The average Bonchev–Trinajstić information content (AvgIpc) is 3.77. The normalized spacial score (nSPS) is 25.7. The van der Waals surface area contributed by atoms with Gasteiger partial charge < -0.3 is 50.8 Å². The van der Waals surface area contributed by atoms with Crippen LogP contribution in [-0.4, -0.2) is 131 Å². The lowest BCUT2D eigenvalue weighted by atomic mass is 10.00. The number of nitrogens with one attached hydrogen (secondary N) is 5. The van der Waals surface area contributed by atoms with Crippen LogP contribution < -0.4 is 31.5 Å². The van der Waals surface area contributed by atoms with Gasteiger partial charge in [-0.25, -0.2) is 4.98 Å². The van der Waals surface area contributed by atoms with Crippen LogP contribution in [0.25, 0.3) is 11.0 Å². The number of imidazole rings is 1. The number of hydrogen-bond acceptors (Lipinski definition) is 10. The summed E-state index contributed by atoms with van der Waals surface area (Å²) in [5.74, 6) is -2.70. The number of anilines is 1. The Kier molecular flexibility index (Phi) is 13.6. The minimum absolute atomic E-state index is 0.0166. The number of aliphatic hydroxyl groups excluding tert-OH is 1. The van der Waals surface area contributed by atoms with E-state index in [1.807, 2.05) is 55.8 Å². The van der Waals surface area contributed by atoms with Gasteiger partial charge in [-0.15, -0.1) is 0 Å². The molecule has 4 heterocycles. The SMILES string of the molecule is CC(C)C[C@@H]1NC(=O)[C@@H](Cc2ccccc2)NC(=O)[C@@H](NC(=O)c2ccc3c(c2)nc(N2CCOCC2)n3C)CCCNC(=O)[C@@H]2C[C@@H](O)CN2C(=O)[C@H](C)NC1=O. The quantitative estimate of drug-likeness (QED) is 0.190. The van der Waals surface area contributed by atoms with E-state index in [4.69, 9.17) is 9.72 Å². The lowest BCUT2D eigenvalue weighted by molar-refractivity contribution is -0.141. The van der Waals surface area contributed by atoms with Crippen molar-refractivity contribution in [1.82, 2.24) is 41.0 Å². The number of nitrogens with zero attached hydrogens (tertiary/aromatic N) is 4. The predicted molar refractivity (Wildman–Crippen MR) is 214 cm³/mol. The van der Waals surface area contributed by atoms with Crippen molar-refractivity contribution in [3.8, 4) is 0 Å². The molecule has 0 saturated carbocycles. The van der Waals surface area contributed by atoms with E-state index in [1.54, 1.807) is 18.2 Å². The Morgan fingerprint density at radius 2 is 1.66 bits per heavy atom. The topological polar surface area (TPSA) is 216 Å². The fourth-order valence-corrected chi connectivity index (χ4v) is 7.76. The Bertz CT molecular complexity index is 1980. The van der Waals surface area contributed by atoms with Crippen LogP contribution in [-0.2, 0) is 42.2 Å². The minimum atomic E-state index is -1.15. The maximum atomic E-state index is 14.2. The van der Waals surface area contributed by atoms with Crippen LogP contribution in [0, 0.1) is 5.92 Å². The number of hydrogen-bond donors (Lipinski definition) is 6. The third kappa shape index (κ3) is 10.1. The number of rotatable bonds is 7. The van der Waals surface area contributed by atoms with E-state index in [-0.39, 0.29) is 56.7 Å². The molecule has 3 fully saturated rings. The second-order valence-corrected chi connectivity index (χ2v) is 15.8. The van der Waals surface area contributed by atoms with Gasteiger partial charge in [0.05, 0.1) is 30.4 Å². The first-order valence-corrected chi connectivity index (χ1v) is 20.1. The third-order valence-electron chi connectivity index (χ3n) is 10.9. The van der Waals surface area contributed by atoms with Gasteiger partial charge in [-0.1, -0.05) is 44.2 Å². The first-order chi connectivity index (χ1) is 27.8. The summed E-state index contributed by atoms with van der Waals surface area (Å²) in [6.45, 7) is 7.84. The third-order valence-corrected chi connectivity index (χ3v) is 10.9. The van der Waals surface area contributed by atoms with Gasteiger partial charge in [0.2, 0.25) is 35.5 Å². The summed E-state index contributed by atoms with van der Waals surface area (Å²) in [5.41, 5.74) is 2.46. The van der Waals surface area contributed by atoms with Gasteiger partial charge in [0, 0.05) is 51.6 Å². The monoisotopic (exact) mass is 801 g/mol. The van der Waals surface area contributed by atoms with E-state index in [1.165, 1.54) is 11.8 Å². The number of morpholine rings is 1. The van der Waals surface area contributed by atoms with E-state index < -0.39 is 71.8 Å². The molecule has 6 rings (SSSR count). The van der Waals surface area contributed by atoms with Gasteiger partial charge in [0.1, 0.15) is 30.2 Å². The number of fused-ring (bicyclic) bond motifs is 2. The predicted octanol–water partition coefficient (Wildman–Crippen LogP) is 0.143. The van der Waals surface area contributed by atoms with Gasteiger partial charge in [-0.3, -0.25) is 28.8 Å². The van der Waals surface area contributed by atoms with Gasteiger partial charge >= 0.3 is 0 Å². The molecule has 0 aliphatic carbocycles. The van der Waals surface area contributed by atoms with Gasteiger partial charge in [0.15, 0.2) is 0 Å². The molecule has 17 nitrogen and oxygen atoms in total. The zero-order chi connectivity index (χ0) is 41.5. The second kappa shape index (κ2) is 18.8. The minimum Gasteiger partial charge on any atom is -0.391 e. The van der Waals surface area contributed by atoms with Gasteiger partial charge in [0.25, 0.3) is 5.91 Å². The average molecular weight is 802 g/mol. The molecule has 58 heavy (non-hydrogen) atoms. The molecule has 3 aliphatic heterocycles. The molecule has 3 saturated heterocycles. The zero-order valence-electron chi connectivity index (χ0n) is 33.5. The van der Waals surface area contributed by atoms with E-state index in [0.717, 1.165) is 17.0 Å². The van der Waals surface area contributed by atoms with Crippen LogP contribution in [0.4, 0.5) is 5.95 Å². The Labute approximate surface area is 337 Å². The highest BCUT2D eigenvalue weighted by atomic mass is 16.5. The standard InChI is InChI=1S/C41H55N9O8/c1-24(2)19-31-37(54)43-25(3)40(57)50-23-28(51)22-34(50)39(56)42-14-8-11-29(36(53)46-32(38(55)45-31)20-26-9-6-5-7-10-26)44-35(52)27-12-13-33-30(21-27)47-41(48(33)4)49-15-17-58-18-16-49/h5-7,9-10,12-13,21,24-25,28-29,31-32,34,51H,8,11,14-20,22-23H2,1-4H3,(H,42,56)(H,43,54)(H,44,52)(H,45,55)(H,46,53)/t25-,28+,29-,31-,32+,34-/m0/s1. The molecule has 17 heteroatoms. The molecule has 0 spiro atoms. The number of benzene rings is 2. The molecule has 0 unspecified atom stereocenters. The van der Waals surface area contributed by atoms with Crippen molar-refractivity contribution in [3.63, 3.8) is 0 Å². The molecular weight excluding hydrogens is 747 g/mol. The van der Waals surface area contributed by atoms with Crippen molar-refractivity contribution < 1.29 is 38.6 Å². The molecule has 2 aromatic carbocycles. The molecule has 6 N–H and O–H groups in total. The largest absolute Gasteiger partial charge is 0.391 e. The first-order valence-electron chi connectivity index (χ1n) is 20.1. The fraction of sp³-hybridized carbons (Fsp3) is 0.537. The van der Waals surface area contributed by atoms with E-state index in [9.17, 15) is 33.9 Å². The van der Waals surface area contributed by atoms with Crippen LogP contribution in [0.2, 0.25) is 0 Å². The van der Waals surface area contributed by atoms with E-state index in [2.05, 4.69) is 31.5 Å². The smallest absolute Gasteiger partial charge is 0.252 e. The summed E-state index contributed by atoms with van der Waals surface area (Å²) in [7, 11) is 1.91. The summed E-state index contributed by atoms with van der Waals surface area (Å²) in [6, 6.07) is 8.84.